The average molecular weight is 257 g/mol. The highest BCUT2D eigenvalue weighted by Crippen LogP contribution is 2.14. The molecule has 1 aromatic rings. The van der Waals surface area contributed by atoms with Crippen molar-refractivity contribution in [1.29, 1.82) is 0 Å². The molecule has 2 rings (SSSR count). The predicted molar refractivity (Wildman–Crippen MR) is 74.2 cm³/mol. The molecule has 6 nitrogen and oxygen atoms in total. The van der Waals surface area contributed by atoms with Crippen molar-refractivity contribution in [2.45, 2.75) is 19.9 Å². The van der Waals surface area contributed by atoms with Gasteiger partial charge in [-0.05, 0) is 32.1 Å². The van der Waals surface area contributed by atoms with Crippen LogP contribution in [0.15, 0.2) is 40.6 Å². The summed E-state index contributed by atoms with van der Waals surface area (Å²) in [5, 5.41) is 3.73. The van der Waals surface area contributed by atoms with Crippen molar-refractivity contribution >= 4 is 23.7 Å². The average Bonchev–Trinajstić information content (AvgIpc) is 2.39. The number of aromatic nitrogens is 1. The molecule has 0 radical (unpaired) electrons. The lowest BCUT2D eigenvalue weighted by Crippen LogP contribution is -2.42. The van der Waals surface area contributed by atoms with Crippen LogP contribution in [0.4, 0.5) is 5.82 Å². The summed E-state index contributed by atoms with van der Waals surface area (Å²) in [6, 6.07) is 5.35. The number of aliphatic imine (C=N–C) groups is 1. The van der Waals surface area contributed by atoms with Crippen molar-refractivity contribution in [3.05, 3.63) is 36.2 Å². The van der Waals surface area contributed by atoms with Crippen LogP contribution < -0.4 is 5.84 Å². The van der Waals surface area contributed by atoms with Gasteiger partial charge < -0.3 is 10.7 Å². The molecule has 0 saturated carbocycles. The van der Waals surface area contributed by atoms with Crippen molar-refractivity contribution in [2.75, 3.05) is 0 Å². The number of amides is 1. The maximum atomic E-state index is 10.9. The maximum Gasteiger partial charge on any atom is 0.214 e. The Bertz CT molecular complexity index is 576. The van der Waals surface area contributed by atoms with Crippen LogP contribution in [0.2, 0.25) is 0 Å². The smallest absolute Gasteiger partial charge is 0.214 e. The number of rotatable bonds is 2. The van der Waals surface area contributed by atoms with Gasteiger partial charge >= 0.3 is 0 Å². The van der Waals surface area contributed by atoms with E-state index in [0.29, 0.717) is 17.2 Å². The predicted octanol–water partition coefficient (Wildman–Crippen LogP) is 1.15. The summed E-state index contributed by atoms with van der Waals surface area (Å²) in [4.78, 5) is 21.1. The van der Waals surface area contributed by atoms with E-state index in [1.807, 2.05) is 26.0 Å². The number of allylic oxidation sites excluding steroid dienone is 1. The number of nitrogens with two attached hydrogens (primary N) is 1. The van der Waals surface area contributed by atoms with Gasteiger partial charge in [-0.3, -0.25) is 4.79 Å². The first-order chi connectivity index (χ1) is 9.15. The maximum absolute atomic E-state index is 10.9. The van der Waals surface area contributed by atoms with Gasteiger partial charge in [-0.25, -0.2) is 9.98 Å². The van der Waals surface area contributed by atoms with E-state index in [9.17, 15) is 4.79 Å². The van der Waals surface area contributed by atoms with Gasteiger partial charge in [0.1, 0.15) is 5.71 Å². The summed E-state index contributed by atoms with van der Waals surface area (Å²) < 4.78 is 0. The molecule has 1 aliphatic heterocycles. The number of pyridine rings is 1. The monoisotopic (exact) mass is 257 g/mol. The van der Waals surface area contributed by atoms with Gasteiger partial charge in [-0.1, -0.05) is 6.07 Å². The van der Waals surface area contributed by atoms with Gasteiger partial charge in [0, 0.05) is 11.9 Å². The van der Waals surface area contributed by atoms with Crippen LogP contribution in [0, 0.1) is 6.92 Å². The lowest BCUT2D eigenvalue weighted by atomic mass is 10.0. The molecule has 98 valence electrons. The molecule has 2 N–H and O–H groups in total. The van der Waals surface area contributed by atoms with Gasteiger partial charge in [0.15, 0.2) is 5.82 Å². The fourth-order valence-corrected chi connectivity index (χ4v) is 1.84. The lowest BCUT2D eigenvalue weighted by Gasteiger charge is -2.26. The molecule has 1 aliphatic rings. The normalized spacial score (nSPS) is 23.1. The second-order valence-electron chi connectivity index (χ2n) is 4.19. The van der Waals surface area contributed by atoms with E-state index in [0.717, 1.165) is 12.1 Å². The molecule has 2 heterocycles. The van der Waals surface area contributed by atoms with E-state index in [1.54, 1.807) is 18.3 Å². The second kappa shape index (κ2) is 5.43. The summed E-state index contributed by atoms with van der Waals surface area (Å²) in [6.07, 6.45) is 4.08. The molecular weight excluding hydrogens is 242 g/mol. The fraction of sp³-hybridized carbons (Fsp3) is 0.231. The standard InChI is InChI=1S/C13H15N5O/c1-9-4-3-5-12(15-9)16-11-6-7-18(8-19)10(2)13(11)17-14/h3-8,10H,14H2,1-2H3. The summed E-state index contributed by atoms with van der Waals surface area (Å²) >= 11 is 0. The second-order valence-corrected chi connectivity index (χ2v) is 4.19. The quantitative estimate of drug-likeness (QED) is 0.490. The molecule has 19 heavy (non-hydrogen) atoms. The third-order valence-corrected chi connectivity index (χ3v) is 2.88. The number of carbonyl (C=O) groups excluding carboxylic acids is 1. The van der Waals surface area contributed by atoms with Crippen molar-refractivity contribution in [1.82, 2.24) is 9.88 Å². The highest BCUT2D eigenvalue weighted by molar-refractivity contribution is 6.49. The number of nitrogens with zero attached hydrogens (tertiary/aromatic N) is 4. The lowest BCUT2D eigenvalue weighted by molar-refractivity contribution is -0.116. The molecule has 0 saturated heterocycles. The summed E-state index contributed by atoms with van der Waals surface area (Å²) in [5.41, 5.74) is 2.06. The Balaban J connectivity index is 2.41. The van der Waals surface area contributed by atoms with Crippen LogP contribution in [0.1, 0.15) is 12.6 Å². The Hall–Kier alpha value is -2.50. The number of hydrogen-bond donors (Lipinski definition) is 1. The van der Waals surface area contributed by atoms with Crippen LogP contribution in [-0.2, 0) is 4.79 Å². The summed E-state index contributed by atoms with van der Waals surface area (Å²) in [5.74, 6) is 5.99. The van der Waals surface area contributed by atoms with E-state index in [4.69, 9.17) is 5.84 Å². The van der Waals surface area contributed by atoms with E-state index in [1.165, 1.54) is 4.90 Å². The molecule has 0 bridgehead atoms. The molecule has 1 amide bonds. The Kier molecular flexibility index (Phi) is 3.70. The third kappa shape index (κ3) is 2.67. The van der Waals surface area contributed by atoms with E-state index >= 15 is 0 Å². The largest absolute Gasteiger partial charge is 0.323 e. The van der Waals surface area contributed by atoms with Crippen molar-refractivity contribution in [3.63, 3.8) is 0 Å². The molecule has 1 aromatic heterocycles. The van der Waals surface area contributed by atoms with Crippen LogP contribution in [0.3, 0.4) is 0 Å². The SMILES string of the molecule is Cc1cccc(N=C2C=CN(C=O)C(C)C2=NN)n1. The van der Waals surface area contributed by atoms with Gasteiger partial charge in [0.05, 0.1) is 11.8 Å². The number of hydrazone groups is 1. The Morgan fingerprint density at radius 3 is 2.89 bits per heavy atom. The highest BCUT2D eigenvalue weighted by Gasteiger charge is 2.24. The summed E-state index contributed by atoms with van der Waals surface area (Å²) in [7, 11) is 0. The van der Waals surface area contributed by atoms with Gasteiger partial charge in [0.25, 0.3) is 0 Å². The van der Waals surface area contributed by atoms with E-state index in [-0.39, 0.29) is 6.04 Å². The van der Waals surface area contributed by atoms with Crippen molar-refractivity contribution in [2.24, 2.45) is 15.9 Å². The number of carbonyl (C=O) groups is 1. The van der Waals surface area contributed by atoms with Gasteiger partial charge in [0.2, 0.25) is 6.41 Å². The number of aryl methyl sites for hydroxylation is 1. The zero-order chi connectivity index (χ0) is 13.8. The molecule has 6 heteroatoms. The first kappa shape index (κ1) is 12.9. The Morgan fingerprint density at radius 1 is 1.47 bits per heavy atom. The fourth-order valence-electron chi connectivity index (χ4n) is 1.84. The van der Waals surface area contributed by atoms with Crippen LogP contribution in [0.25, 0.3) is 0 Å². The van der Waals surface area contributed by atoms with Crippen LogP contribution in [0.5, 0.6) is 0 Å². The van der Waals surface area contributed by atoms with Crippen molar-refractivity contribution in [3.8, 4) is 0 Å². The topological polar surface area (TPSA) is 83.9 Å². The van der Waals surface area contributed by atoms with Gasteiger partial charge in [-0.2, -0.15) is 5.10 Å². The number of hydrogen-bond acceptors (Lipinski definition) is 5. The first-order valence-corrected chi connectivity index (χ1v) is 5.87. The van der Waals surface area contributed by atoms with Crippen LogP contribution >= 0.6 is 0 Å². The summed E-state index contributed by atoms with van der Waals surface area (Å²) in [6.45, 7) is 3.73. The molecule has 0 spiro atoms. The molecule has 1 atom stereocenters. The third-order valence-electron chi connectivity index (χ3n) is 2.88. The minimum Gasteiger partial charge on any atom is -0.323 e. The molecule has 0 aliphatic carbocycles. The van der Waals surface area contributed by atoms with E-state index in [2.05, 4.69) is 15.1 Å². The van der Waals surface area contributed by atoms with E-state index < -0.39 is 0 Å². The zero-order valence-electron chi connectivity index (χ0n) is 10.8. The van der Waals surface area contributed by atoms with Crippen molar-refractivity contribution < 1.29 is 4.79 Å². The first-order valence-electron chi connectivity index (χ1n) is 5.87. The molecule has 0 fully saturated rings. The Labute approximate surface area is 111 Å². The minimum atomic E-state index is -0.240. The zero-order valence-corrected chi connectivity index (χ0v) is 10.8. The minimum absolute atomic E-state index is 0.240. The Morgan fingerprint density at radius 2 is 2.26 bits per heavy atom. The van der Waals surface area contributed by atoms with Gasteiger partial charge in [-0.15, -0.1) is 0 Å². The molecule has 0 aromatic carbocycles. The molecular formula is C13H15N5O. The highest BCUT2D eigenvalue weighted by atomic mass is 16.1. The molecule has 1 unspecified atom stereocenters. The van der Waals surface area contributed by atoms with Crippen LogP contribution in [-0.4, -0.2) is 33.8 Å².